The van der Waals surface area contributed by atoms with Gasteiger partial charge in [-0.25, -0.2) is 0 Å². The highest BCUT2D eigenvalue weighted by Gasteiger charge is 2.31. The minimum Gasteiger partial charge on any atom is -0.490 e. The third-order valence-electron chi connectivity index (χ3n) is 7.65. The molecule has 2 unspecified atom stereocenters. The van der Waals surface area contributed by atoms with E-state index in [4.69, 9.17) is 9.72 Å². The van der Waals surface area contributed by atoms with E-state index in [1.807, 2.05) is 0 Å². The van der Waals surface area contributed by atoms with Gasteiger partial charge < -0.3 is 9.84 Å². The van der Waals surface area contributed by atoms with Crippen LogP contribution in [0.4, 0.5) is 0 Å². The molecule has 5 heteroatoms. The van der Waals surface area contributed by atoms with Crippen LogP contribution < -0.4 is 4.74 Å². The Kier molecular flexibility index (Phi) is 6.75. The number of carbonyl (C=O) groups is 1. The summed E-state index contributed by atoms with van der Waals surface area (Å²) < 4.78 is 6.34. The van der Waals surface area contributed by atoms with Crippen molar-refractivity contribution >= 4 is 16.9 Å². The highest BCUT2D eigenvalue weighted by molar-refractivity contribution is 5.80. The molecule has 0 amide bonds. The maximum Gasteiger partial charge on any atom is 0.306 e. The number of carboxylic acids is 1. The molecule has 0 radical (unpaired) electrons. The van der Waals surface area contributed by atoms with E-state index in [0.717, 1.165) is 54.2 Å². The van der Waals surface area contributed by atoms with Gasteiger partial charge in [0.1, 0.15) is 5.75 Å². The minimum atomic E-state index is -0.666. The smallest absolute Gasteiger partial charge is 0.306 e. The molecule has 174 valence electrons. The number of likely N-dealkylation sites (tertiary alicyclic amines) is 1. The van der Waals surface area contributed by atoms with E-state index >= 15 is 0 Å². The number of rotatable bonds is 5. The average Bonchev–Trinajstić information content (AvgIpc) is 2.75. The van der Waals surface area contributed by atoms with E-state index in [9.17, 15) is 9.90 Å². The maximum absolute atomic E-state index is 11.3. The van der Waals surface area contributed by atoms with Gasteiger partial charge in [-0.05, 0) is 87.6 Å². The topological polar surface area (TPSA) is 62.7 Å². The van der Waals surface area contributed by atoms with E-state index in [2.05, 4.69) is 62.9 Å². The molecular formula is C27H38N2O3. The van der Waals surface area contributed by atoms with Crippen LogP contribution in [0.15, 0.2) is 30.3 Å². The van der Waals surface area contributed by atoms with Gasteiger partial charge in [0.05, 0.1) is 23.2 Å². The molecule has 2 aliphatic rings. The van der Waals surface area contributed by atoms with E-state index in [1.54, 1.807) is 0 Å². The van der Waals surface area contributed by atoms with Gasteiger partial charge in [0.15, 0.2) is 0 Å². The first-order valence-corrected chi connectivity index (χ1v) is 12.2. The highest BCUT2D eigenvalue weighted by atomic mass is 16.5. The molecule has 1 saturated heterocycles. The van der Waals surface area contributed by atoms with Gasteiger partial charge in [-0.1, -0.05) is 26.8 Å². The van der Waals surface area contributed by atoms with Crippen LogP contribution in [0.3, 0.4) is 0 Å². The van der Waals surface area contributed by atoms with Crippen molar-refractivity contribution in [2.45, 2.75) is 84.9 Å². The molecule has 2 fully saturated rings. The van der Waals surface area contributed by atoms with Crippen molar-refractivity contribution in [2.75, 3.05) is 6.54 Å². The summed E-state index contributed by atoms with van der Waals surface area (Å²) in [7, 11) is 0. The largest absolute Gasteiger partial charge is 0.490 e. The Morgan fingerprint density at radius 2 is 1.88 bits per heavy atom. The van der Waals surface area contributed by atoms with Gasteiger partial charge in [0.25, 0.3) is 0 Å². The van der Waals surface area contributed by atoms with E-state index in [-0.39, 0.29) is 12.0 Å². The van der Waals surface area contributed by atoms with Crippen molar-refractivity contribution in [3.05, 3.63) is 36.0 Å². The van der Waals surface area contributed by atoms with Crippen LogP contribution in [-0.4, -0.2) is 39.7 Å². The van der Waals surface area contributed by atoms with Crippen LogP contribution in [0.1, 0.15) is 71.9 Å². The molecule has 1 aromatic carbocycles. The predicted octanol–water partition coefficient (Wildman–Crippen LogP) is 5.90. The number of nitrogens with zero attached hydrogens (tertiary/aromatic N) is 2. The first-order valence-electron chi connectivity index (χ1n) is 12.2. The highest BCUT2D eigenvalue weighted by Crippen LogP contribution is 2.39. The van der Waals surface area contributed by atoms with E-state index < -0.39 is 5.97 Å². The Labute approximate surface area is 192 Å². The van der Waals surface area contributed by atoms with Gasteiger partial charge in [0.2, 0.25) is 0 Å². The molecule has 2 heterocycles. The van der Waals surface area contributed by atoms with Crippen LogP contribution in [0.2, 0.25) is 0 Å². The zero-order valence-electron chi connectivity index (χ0n) is 20.0. The molecule has 2 aromatic rings. The SMILES string of the molecule is CC1CC(C(=O)O)CCN1Cc1ccc2cc(OC3CCC(C(C)(C)C)CC3)ccc2n1. The Morgan fingerprint density at radius 1 is 1.12 bits per heavy atom. The molecule has 1 aromatic heterocycles. The molecule has 0 bridgehead atoms. The lowest BCUT2D eigenvalue weighted by Crippen LogP contribution is -2.42. The molecule has 2 atom stereocenters. The summed E-state index contributed by atoms with van der Waals surface area (Å²) >= 11 is 0. The van der Waals surface area contributed by atoms with Crippen molar-refractivity contribution in [1.82, 2.24) is 9.88 Å². The second kappa shape index (κ2) is 9.38. The van der Waals surface area contributed by atoms with Crippen molar-refractivity contribution in [1.29, 1.82) is 0 Å². The molecule has 1 aliphatic heterocycles. The van der Waals surface area contributed by atoms with Crippen LogP contribution >= 0.6 is 0 Å². The molecule has 1 N–H and O–H groups in total. The normalized spacial score (nSPS) is 27.4. The number of fused-ring (bicyclic) bond motifs is 1. The molecule has 32 heavy (non-hydrogen) atoms. The second-order valence-electron chi connectivity index (χ2n) is 11.0. The standard InChI is InChI=1S/C27H38N2O3/c1-18-15-20(26(30)31)13-14-29(18)17-22-8-5-19-16-24(11-12-25(19)28-22)32-23-9-6-21(7-10-23)27(2,3)4/h5,8,11-12,16,18,20-21,23H,6-7,9-10,13-15,17H2,1-4H3,(H,30,31). The zero-order chi connectivity index (χ0) is 22.9. The monoisotopic (exact) mass is 438 g/mol. The average molecular weight is 439 g/mol. The number of pyridine rings is 1. The summed E-state index contributed by atoms with van der Waals surface area (Å²) in [5.41, 5.74) is 2.41. The summed E-state index contributed by atoms with van der Waals surface area (Å²) in [4.78, 5) is 18.5. The molecular weight excluding hydrogens is 400 g/mol. The first-order chi connectivity index (χ1) is 15.2. The fraction of sp³-hybridized carbons (Fsp3) is 0.630. The van der Waals surface area contributed by atoms with Crippen LogP contribution in [0, 0.1) is 17.3 Å². The fourth-order valence-corrected chi connectivity index (χ4v) is 5.43. The lowest BCUT2D eigenvalue weighted by atomic mass is 9.72. The van der Waals surface area contributed by atoms with Crippen molar-refractivity contribution < 1.29 is 14.6 Å². The number of carboxylic acid groups (broad SMARTS) is 1. The van der Waals surface area contributed by atoms with Crippen molar-refractivity contribution in [3.8, 4) is 5.75 Å². The predicted molar refractivity (Wildman–Crippen MR) is 128 cm³/mol. The summed E-state index contributed by atoms with van der Waals surface area (Å²) in [6.07, 6.45) is 6.49. The fourth-order valence-electron chi connectivity index (χ4n) is 5.43. The Balaban J connectivity index is 1.36. The summed E-state index contributed by atoms with van der Waals surface area (Å²) in [5, 5.41) is 10.4. The third kappa shape index (κ3) is 5.43. The number of benzene rings is 1. The Morgan fingerprint density at radius 3 is 2.53 bits per heavy atom. The van der Waals surface area contributed by atoms with Crippen molar-refractivity contribution in [3.63, 3.8) is 0 Å². The Hall–Kier alpha value is -2.14. The van der Waals surface area contributed by atoms with Gasteiger partial charge in [0, 0.05) is 18.0 Å². The zero-order valence-corrected chi connectivity index (χ0v) is 20.0. The number of piperidine rings is 1. The maximum atomic E-state index is 11.3. The van der Waals surface area contributed by atoms with E-state index in [0.29, 0.717) is 24.4 Å². The number of aliphatic carboxylic acids is 1. The number of ether oxygens (including phenoxy) is 1. The second-order valence-corrected chi connectivity index (χ2v) is 11.0. The van der Waals surface area contributed by atoms with Gasteiger partial charge in [-0.3, -0.25) is 14.7 Å². The van der Waals surface area contributed by atoms with Gasteiger partial charge >= 0.3 is 5.97 Å². The van der Waals surface area contributed by atoms with Gasteiger partial charge in [-0.2, -0.15) is 0 Å². The summed E-state index contributed by atoms with van der Waals surface area (Å²) in [5.74, 6) is 0.850. The molecule has 1 saturated carbocycles. The number of hydrogen-bond acceptors (Lipinski definition) is 4. The number of aromatic nitrogens is 1. The Bertz CT molecular complexity index is 944. The quantitative estimate of drug-likeness (QED) is 0.629. The summed E-state index contributed by atoms with van der Waals surface area (Å²) in [6, 6.07) is 10.7. The van der Waals surface area contributed by atoms with Gasteiger partial charge in [-0.15, -0.1) is 0 Å². The molecule has 4 rings (SSSR count). The summed E-state index contributed by atoms with van der Waals surface area (Å²) in [6.45, 7) is 10.7. The molecule has 1 aliphatic carbocycles. The van der Waals surface area contributed by atoms with Crippen LogP contribution in [0.5, 0.6) is 5.75 Å². The molecule has 0 spiro atoms. The first kappa shape index (κ1) is 23.0. The van der Waals surface area contributed by atoms with Crippen LogP contribution in [0.25, 0.3) is 10.9 Å². The number of hydrogen-bond donors (Lipinski definition) is 1. The van der Waals surface area contributed by atoms with Crippen LogP contribution in [-0.2, 0) is 11.3 Å². The lowest BCUT2D eigenvalue weighted by molar-refractivity contribution is -0.144. The lowest BCUT2D eigenvalue weighted by Gasteiger charge is -2.37. The minimum absolute atomic E-state index is 0.215. The van der Waals surface area contributed by atoms with Crippen molar-refractivity contribution in [2.24, 2.45) is 17.3 Å². The third-order valence-corrected chi connectivity index (χ3v) is 7.65. The molecule has 5 nitrogen and oxygen atoms in total. The van der Waals surface area contributed by atoms with E-state index in [1.165, 1.54) is 12.8 Å².